The Bertz CT molecular complexity index is 285. The van der Waals surface area contributed by atoms with Crippen molar-refractivity contribution in [3.05, 3.63) is 12.3 Å². The van der Waals surface area contributed by atoms with E-state index in [2.05, 4.69) is 0 Å². The number of hydrogen-bond donors (Lipinski definition) is 7. The normalized spacial score (nSPS) is 20.8. The summed E-state index contributed by atoms with van der Waals surface area (Å²) in [5.41, 5.74) is 7.45. The van der Waals surface area contributed by atoms with E-state index < -0.39 is 42.8 Å². The van der Waals surface area contributed by atoms with Crippen molar-refractivity contribution in [2.24, 2.45) is 11.5 Å². The molecule has 9 N–H and O–H groups in total. The van der Waals surface area contributed by atoms with Gasteiger partial charge < -0.3 is 37.0 Å². The van der Waals surface area contributed by atoms with E-state index in [1.165, 1.54) is 0 Å². The molecule has 100 valence electrons. The molecule has 0 aromatic carbocycles. The largest absolute Gasteiger partial charge is 0.405 e. The lowest BCUT2D eigenvalue weighted by Crippen LogP contribution is -2.60. The minimum atomic E-state index is -2.48. The fourth-order valence-electron chi connectivity index (χ4n) is 1.22. The molecular weight excluding hydrogens is 232 g/mol. The third kappa shape index (κ3) is 3.65. The van der Waals surface area contributed by atoms with Crippen LogP contribution in [0.1, 0.15) is 6.42 Å². The van der Waals surface area contributed by atoms with Crippen molar-refractivity contribution >= 4 is 5.91 Å². The maximum absolute atomic E-state index is 11.1. The molecule has 0 aliphatic carbocycles. The Morgan fingerprint density at radius 2 is 1.88 bits per heavy atom. The zero-order valence-corrected chi connectivity index (χ0v) is 9.10. The number of hydrogen-bond acceptors (Lipinski definition) is 7. The summed E-state index contributed by atoms with van der Waals surface area (Å²) in [7, 11) is 0. The number of aliphatic hydroxyl groups is 5. The molecule has 0 saturated carbocycles. The Morgan fingerprint density at radius 3 is 2.24 bits per heavy atom. The number of carbonyl (C=O) groups excluding carboxylic acids is 1. The van der Waals surface area contributed by atoms with Gasteiger partial charge in [0.2, 0.25) is 0 Å². The highest BCUT2D eigenvalue weighted by Crippen LogP contribution is 2.20. The van der Waals surface area contributed by atoms with Crippen LogP contribution in [0.25, 0.3) is 0 Å². The second-order valence-corrected chi connectivity index (χ2v) is 3.61. The van der Waals surface area contributed by atoms with Gasteiger partial charge in [0.15, 0.2) is 5.60 Å². The van der Waals surface area contributed by atoms with Gasteiger partial charge in [-0.05, 0) is 6.20 Å². The highest BCUT2D eigenvalue weighted by Gasteiger charge is 2.46. The molecule has 0 aromatic heterocycles. The van der Waals surface area contributed by atoms with Gasteiger partial charge in [-0.2, -0.15) is 0 Å². The first-order valence-corrected chi connectivity index (χ1v) is 4.85. The zero-order chi connectivity index (χ0) is 13.6. The molecule has 4 atom stereocenters. The summed E-state index contributed by atoms with van der Waals surface area (Å²) in [6, 6.07) is 0. The molecule has 0 rings (SSSR count). The number of rotatable bonds is 7. The number of primary amides is 1. The van der Waals surface area contributed by atoms with Gasteiger partial charge in [0.05, 0.1) is 6.61 Å². The van der Waals surface area contributed by atoms with Crippen LogP contribution in [-0.4, -0.2) is 62.0 Å². The minimum Gasteiger partial charge on any atom is -0.405 e. The van der Waals surface area contributed by atoms with Crippen molar-refractivity contribution in [1.82, 2.24) is 0 Å². The van der Waals surface area contributed by atoms with Crippen molar-refractivity contribution in [2.45, 2.75) is 30.3 Å². The van der Waals surface area contributed by atoms with E-state index in [1.807, 2.05) is 0 Å². The van der Waals surface area contributed by atoms with Crippen LogP contribution in [0.15, 0.2) is 12.3 Å². The second-order valence-electron chi connectivity index (χ2n) is 3.61. The fourth-order valence-corrected chi connectivity index (χ4v) is 1.22. The predicted molar refractivity (Wildman–Crippen MR) is 57.2 cm³/mol. The van der Waals surface area contributed by atoms with Crippen LogP contribution in [0.5, 0.6) is 0 Å². The van der Waals surface area contributed by atoms with E-state index in [9.17, 15) is 20.1 Å². The topological polar surface area (TPSA) is 170 Å². The summed E-state index contributed by atoms with van der Waals surface area (Å²) < 4.78 is 0. The Balaban J connectivity index is 4.99. The SMILES string of the molecule is NC=CCC(O)(C(N)=O)C(O)C(O)C(O)CO. The fraction of sp³-hybridized carbons (Fsp3) is 0.667. The smallest absolute Gasteiger partial charge is 0.252 e. The average Bonchev–Trinajstić information content (AvgIpc) is 2.32. The van der Waals surface area contributed by atoms with Crippen molar-refractivity contribution in [2.75, 3.05) is 6.61 Å². The number of aliphatic hydroxyl groups excluding tert-OH is 4. The van der Waals surface area contributed by atoms with Gasteiger partial charge in [-0.25, -0.2) is 0 Å². The second kappa shape index (κ2) is 6.52. The van der Waals surface area contributed by atoms with Crippen LogP contribution < -0.4 is 11.5 Å². The molecule has 8 heteroatoms. The molecule has 0 saturated heterocycles. The lowest BCUT2D eigenvalue weighted by molar-refractivity contribution is -0.173. The molecule has 0 aliphatic rings. The molecule has 0 aromatic rings. The van der Waals surface area contributed by atoms with Crippen molar-refractivity contribution < 1.29 is 30.3 Å². The van der Waals surface area contributed by atoms with E-state index in [4.69, 9.17) is 21.7 Å². The summed E-state index contributed by atoms with van der Waals surface area (Å²) >= 11 is 0. The molecule has 0 bridgehead atoms. The quantitative estimate of drug-likeness (QED) is 0.242. The van der Waals surface area contributed by atoms with Crippen molar-refractivity contribution in [3.63, 3.8) is 0 Å². The summed E-state index contributed by atoms with van der Waals surface area (Å²) in [5, 5.41) is 46.5. The molecule has 0 heterocycles. The lowest BCUT2D eigenvalue weighted by atomic mass is 9.86. The predicted octanol–water partition coefficient (Wildman–Crippen LogP) is -3.86. The average molecular weight is 250 g/mol. The summed E-state index contributed by atoms with van der Waals surface area (Å²) in [6.45, 7) is -0.847. The molecule has 0 fully saturated rings. The Kier molecular flexibility index (Phi) is 6.07. The van der Waals surface area contributed by atoms with Crippen LogP contribution in [0.2, 0.25) is 0 Å². The molecule has 0 spiro atoms. The van der Waals surface area contributed by atoms with Crippen LogP contribution in [-0.2, 0) is 4.79 Å². The first kappa shape index (κ1) is 15.8. The van der Waals surface area contributed by atoms with Crippen molar-refractivity contribution in [3.8, 4) is 0 Å². The number of carbonyl (C=O) groups is 1. The first-order chi connectivity index (χ1) is 7.81. The van der Waals surface area contributed by atoms with E-state index in [-0.39, 0.29) is 0 Å². The van der Waals surface area contributed by atoms with Gasteiger partial charge in [0, 0.05) is 6.42 Å². The van der Waals surface area contributed by atoms with E-state index in [0.29, 0.717) is 0 Å². The third-order valence-electron chi connectivity index (χ3n) is 2.39. The summed E-state index contributed by atoms with van der Waals surface area (Å²) in [5.74, 6) is -1.28. The van der Waals surface area contributed by atoms with E-state index >= 15 is 0 Å². The minimum absolute atomic E-state index is 0.435. The van der Waals surface area contributed by atoms with Gasteiger partial charge in [-0.1, -0.05) is 6.08 Å². The molecule has 4 unspecified atom stereocenters. The van der Waals surface area contributed by atoms with Crippen LogP contribution in [0.3, 0.4) is 0 Å². The van der Waals surface area contributed by atoms with E-state index in [1.54, 1.807) is 0 Å². The molecule has 1 amide bonds. The monoisotopic (exact) mass is 250 g/mol. The first-order valence-electron chi connectivity index (χ1n) is 4.85. The molecule has 8 nitrogen and oxygen atoms in total. The molecule has 17 heavy (non-hydrogen) atoms. The molecule has 0 radical (unpaired) electrons. The van der Waals surface area contributed by atoms with Gasteiger partial charge in [-0.15, -0.1) is 0 Å². The zero-order valence-electron chi connectivity index (χ0n) is 9.10. The summed E-state index contributed by atoms with van der Waals surface area (Å²) in [6.07, 6.45) is -3.95. The van der Waals surface area contributed by atoms with Gasteiger partial charge in [0.25, 0.3) is 5.91 Å². The molecule has 0 aliphatic heterocycles. The molecular formula is C9H18N2O6. The lowest BCUT2D eigenvalue weighted by Gasteiger charge is -2.33. The number of amides is 1. The highest BCUT2D eigenvalue weighted by molar-refractivity contribution is 5.84. The Hall–Kier alpha value is -1.19. The highest BCUT2D eigenvalue weighted by atomic mass is 16.4. The number of nitrogens with two attached hydrogens (primary N) is 2. The van der Waals surface area contributed by atoms with Gasteiger partial charge >= 0.3 is 0 Å². The summed E-state index contributed by atoms with van der Waals surface area (Å²) in [4.78, 5) is 11.1. The van der Waals surface area contributed by atoms with Gasteiger partial charge in [-0.3, -0.25) is 4.79 Å². The van der Waals surface area contributed by atoms with Crippen LogP contribution >= 0.6 is 0 Å². The maximum atomic E-state index is 11.1. The standard InChI is InChI=1S/C9H18N2O6/c10-3-1-2-9(17,8(11)16)7(15)6(14)5(13)4-12/h1,3,5-7,12-15,17H,2,4,10H2,(H2,11,16). The third-order valence-corrected chi connectivity index (χ3v) is 2.39. The van der Waals surface area contributed by atoms with E-state index in [0.717, 1.165) is 12.3 Å². The van der Waals surface area contributed by atoms with Crippen LogP contribution in [0, 0.1) is 0 Å². The Labute approximate surface area is 97.8 Å². The van der Waals surface area contributed by atoms with Crippen molar-refractivity contribution in [1.29, 1.82) is 0 Å². The Morgan fingerprint density at radius 1 is 1.35 bits per heavy atom. The van der Waals surface area contributed by atoms with Gasteiger partial charge in [0.1, 0.15) is 18.3 Å². The van der Waals surface area contributed by atoms with Crippen LogP contribution in [0.4, 0.5) is 0 Å². The maximum Gasteiger partial charge on any atom is 0.252 e.